The number of aromatic nitrogens is 2. The van der Waals surface area contributed by atoms with Gasteiger partial charge >= 0.3 is 0 Å². The van der Waals surface area contributed by atoms with Crippen molar-refractivity contribution in [3.8, 4) is 0 Å². The maximum Gasteiger partial charge on any atom is 0.251 e. The van der Waals surface area contributed by atoms with E-state index in [2.05, 4.69) is 28.8 Å². The molecule has 106 valence electrons. The van der Waals surface area contributed by atoms with Crippen LogP contribution in [0.4, 0.5) is 0 Å². The molecule has 6 heteroatoms. The summed E-state index contributed by atoms with van der Waals surface area (Å²) >= 11 is 6.03. The van der Waals surface area contributed by atoms with E-state index in [1.165, 1.54) is 0 Å². The number of hydrogen-bond acceptors (Lipinski definition) is 3. The summed E-state index contributed by atoms with van der Waals surface area (Å²) in [5.74, 6) is 0.345. The Hall–Kier alpha value is -1.59. The van der Waals surface area contributed by atoms with Crippen molar-refractivity contribution < 1.29 is 4.79 Å². The van der Waals surface area contributed by atoms with Crippen molar-refractivity contribution in [2.24, 2.45) is 5.73 Å². The van der Waals surface area contributed by atoms with Crippen molar-refractivity contribution >= 4 is 28.5 Å². The van der Waals surface area contributed by atoms with Crippen LogP contribution in [0, 0.1) is 0 Å². The van der Waals surface area contributed by atoms with Crippen molar-refractivity contribution in [1.82, 2.24) is 14.9 Å². The molecule has 1 saturated heterocycles. The molecule has 0 saturated carbocycles. The zero-order chi connectivity index (χ0) is 14.5. The third kappa shape index (κ3) is 1.89. The Kier molecular flexibility index (Phi) is 2.99. The lowest BCUT2D eigenvalue weighted by Gasteiger charge is -2.29. The third-order valence-electron chi connectivity index (χ3n) is 4.33. The van der Waals surface area contributed by atoms with E-state index in [4.69, 9.17) is 17.3 Å². The molecule has 1 aliphatic heterocycles. The first-order valence-corrected chi connectivity index (χ1v) is 7.00. The maximum atomic E-state index is 11.5. The van der Waals surface area contributed by atoms with Crippen LogP contribution in [0.5, 0.6) is 0 Å². The summed E-state index contributed by atoms with van der Waals surface area (Å²) in [4.78, 5) is 21.7. The monoisotopic (exact) mass is 292 g/mol. The Morgan fingerprint density at radius 1 is 1.55 bits per heavy atom. The molecule has 3 N–H and O–H groups in total. The normalized spacial score (nSPS) is 23.6. The van der Waals surface area contributed by atoms with Gasteiger partial charge in [-0.3, -0.25) is 9.69 Å². The molecular weight excluding hydrogens is 276 g/mol. The summed E-state index contributed by atoms with van der Waals surface area (Å²) in [6, 6.07) is 3.34. The molecule has 0 unspecified atom stereocenters. The number of H-pyrrole nitrogens is 1. The molecule has 2 heterocycles. The highest BCUT2D eigenvalue weighted by Gasteiger charge is 2.38. The number of nitrogens with two attached hydrogens (primary N) is 1. The molecule has 0 spiro atoms. The predicted molar refractivity (Wildman–Crippen MR) is 78.8 cm³/mol. The van der Waals surface area contributed by atoms with Gasteiger partial charge in [-0.25, -0.2) is 4.98 Å². The summed E-state index contributed by atoms with van der Waals surface area (Å²) in [7, 11) is 2.09. The lowest BCUT2D eigenvalue weighted by Crippen LogP contribution is -2.36. The number of likely N-dealkylation sites (tertiary alicyclic amines) is 1. The molecule has 0 aliphatic carbocycles. The van der Waals surface area contributed by atoms with Gasteiger partial charge in [-0.05, 0) is 45.5 Å². The standard InChI is InChI=1S/C14H17ClN4O/c1-14(4-3-5-19(14)2)13-17-10-7-8(15)6-9(12(16)20)11(10)18-13/h6-7H,3-5H2,1-2H3,(H2,16,20)(H,17,18)/t14-/m0/s1. The first-order valence-electron chi connectivity index (χ1n) is 6.62. The van der Waals surface area contributed by atoms with E-state index in [-0.39, 0.29) is 5.54 Å². The van der Waals surface area contributed by atoms with Gasteiger partial charge in [0.05, 0.1) is 16.6 Å². The Bertz CT molecular complexity index is 696. The van der Waals surface area contributed by atoms with Gasteiger partial charge in [0.1, 0.15) is 11.3 Å². The molecule has 20 heavy (non-hydrogen) atoms. The highest BCUT2D eigenvalue weighted by Crippen LogP contribution is 2.37. The Morgan fingerprint density at radius 3 is 2.90 bits per heavy atom. The van der Waals surface area contributed by atoms with Crippen molar-refractivity contribution in [2.75, 3.05) is 13.6 Å². The number of carbonyl (C=O) groups excluding carboxylic acids is 1. The fraction of sp³-hybridized carbons (Fsp3) is 0.429. The first-order chi connectivity index (χ1) is 9.41. The quantitative estimate of drug-likeness (QED) is 0.891. The second-order valence-corrected chi connectivity index (χ2v) is 6.03. The number of nitrogens with one attached hydrogen (secondary N) is 1. The highest BCUT2D eigenvalue weighted by molar-refractivity contribution is 6.32. The fourth-order valence-corrected chi connectivity index (χ4v) is 3.14. The van der Waals surface area contributed by atoms with Gasteiger partial charge in [0, 0.05) is 5.02 Å². The van der Waals surface area contributed by atoms with E-state index in [9.17, 15) is 4.79 Å². The SMILES string of the molecule is CN1CCC[C@@]1(C)c1nc2c(C(N)=O)cc(Cl)cc2[nH]1. The van der Waals surface area contributed by atoms with Gasteiger partial charge in [-0.2, -0.15) is 0 Å². The number of benzene rings is 1. The average Bonchev–Trinajstić information content (AvgIpc) is 2.94. The van der Waals surface area contributed by atoms with Crippen LogP contribution in [0.2, 0.25) is 5.02 Å². The number of fused-ring (bicyclic) bond motifs is 1. The molecular formula is C14H17ClN4O. The molecule has 0 radical (unpaired) electrons. The van der Waals surface area contributed by atoms with Crippen LogP contribution in [0.3, 0.4) is 0 Å². The number of aromatic amines is 1. The van der Waals surface area contributed by atoms with Gasteiger partial charge in [0.2, 0.25) is 0 Å². The van der Waals surface area contributed by atoms with Gasteiger partial charge in [-0.15, -0.1) is 0 Å². The van der Waals surface area contributed by atoms with Crippen molar-refractivity contribution in [3.63, 3.8) is 0 Å². The highest BCUT2D eigenvalue weighted by atomic mass is 35.5. The third-order valence-corrected chi connectivity index (χ3v) is 4.54. The smallest absolute Gasteiger partial charge is 0.251 e. The van der Waals surface area contributed by atoms with Crippen LogP contribution < -0.4 is 5.73 Å². The van der Waals surface area contributed by atoms with Crippen molar-refractivity contribution in [2.45, 2.75) is 25.3 Å². The molecule has 1 atom stereocenters. The number of imidazole rings is 1. The van der Waals surface area contributed by atoms with E-state index in [0.29, 0.717) is 16.1 Å². The molecule has 1 amide bonds. The topological polar surface area (TPSA) is 75.0 Å². The number of nitrogens with zero attached hydrogens (tertiary/aromatic N) is 2. The van der Waals surface area contributed by atoms with E-state index in [1.54, 1.807) is 12.1 Å². The average molecular weight is 293 g/mol. The summed E-state index contributed by atoms with van der Waals surface area (Å²) in [6.45, 7) is 3.19. The molecule has 1 aromatic heterocycles. The molecule has 1 aromatic carbocycles. The van der Waals surface area contributed by atoms with Crippen LogP contribution in [-0.2, 0) is 5.54 Å². The Labute approximate surface area is 122 Å². The molecule has 2 aromatic rings. The van der Waals surface area contributed by atoms with Gasteiger partial charge < -0.3 is 10.7 Å². The Morgan fingerprint density at radius 2 is 2.30 bits per heavy atom. The number of carbonyl (C=O) groups is 1. The van der Waals surface area contributed by atoms with E-state index in [1.807, 2.05) is 0 Å². The minimum absolute atomic E-state index is 0.138. The van der Waals surface area contributed by atoms with Crippen LogP contribution in [-0.4, -0.2) is 34.4 Å². The van der Waals surface area contributed by atoms with Crippen LogP contribution in [0.25, 0.3) is 11.0 Å². The largest absolute Gasteiger partial charge is 0.366 e. The van der Waals surface area contributed by atoms with Crippen LogP contribution in [0.1, 0.15) is 35.9 Å². The number of primary amides is 1. The van der Waals surface area contributed by atoms with E-state index >= 15 is 0 Å². The summed E-state index contributed by atoms with van der Waals surface area (Å²) in [5, 5.41) is 0.478. The van der Waals surface area contributed by atoms with Gasteiger partial charge in [0.15, 0.2) is 0 Å². The number of halogens is 1. The van der Waals surface area contributed by atoms with Crippen LogP contribution >= 0.6 is 11.6 Å². The maximum absolute atomic E-state index is 11.5. The minimum atomic E-state index is -0.513. The lowest BCUT2D eigenvalue weighted by molar-refractivity contribution is 0.100. The molecule has 1 fully saturated rings. The summed E-state index contributed by atoms with van der Waals surface area (Å²) in [6.07, 6.45) is 2.16. The number of rotatable bonds is 2. The lowest BCUT2D eigenvalue weighted by atomic mass is 9.98. The van der Waals surface area contributed by atoms with E-state index < -0.39 is 5.91 Å². The molecule has 3 rings (SSSR count). The summed E-state index contributed by atoms with van der Waals surface area (Å²) in [5.41, 5.74) is 6.98. The second-order valence-electron chi connectivity index (χ2n) is 5.60. The first kappa shape index (κ1) is 13.4. The molecule has 5 nitrogen and oxygen atoms in total. The van der Waals surface area contributed by atoms with Crippen molar-refractivity contribution in [1.29, 1.82) is 0 Å². The van der Waals surface area contributed by atoms with Gasteiger partial charge in [-0.1, -0.05) is 11.6 Å². The second kappa shape index (κ2) is 4.46. The predicted octanol–water partition coefficient (Wildman–Crippen LogP) is 2.26. The minimum Gasteiger partial charge on any atom is -0.366 e. The zero-order valence-corrected chi connectivity index (χ0v) is 12.3. The Balaban J connectivity index is 2.20. The summed E-state index contributed by atoms with van der Waals surface area (Å²) < 4.78 is 0. The fourth-order valence-electron chi connectivity index (χ4n) is 2.92. The number of amides is 1. The molecule has 1 aliphatic rings. The number of hydrogen-bond donors (Lipinski definition) is 2. The molecule has 0 bridgehead atoms. The zero-order valence-electron chi connectivity index (χ0n) is 11.5. The van der Waals surface area contributed by atoms with E-state index in [0.717, 1.165) is 30.7 Å². The van der Waals surface area contributed by atoms with Gasteiger partial charge in [0.25, 0.3) is 5.91 Å². The van der Waals surface area contributed by atoms with Crippen LogP contribution in [0.15, 0.2) is 12.1 Å². The van der Waals surface area contributed by atoms with Crippen molar-refractivity contribution in [3.05, 3.63) is 28.5 Å².